The van der Waals surface area contributed by atoms with E-state index < -0.39 is 11.7 Å². The van der Waals surface area contributed by atoms with Gasteiger partial charge in [0.05, 0.1) is 6.20 Å². The molecule has 1 aliphatic heterocycles. The molecule has 0 radical (unpaired) electrons. The van der Waals surface area contributed by atoms with E-state index in [1.165, 1.54) is 11.1 Å². The number of carboxylic acid groups (broad SMARTS) is 1. The topological polar surface area (TPSA) is 98.3 Å². The molecule has 1 aromatic heterocycles. The molecule has 3 N–H and O–H groups in total. The van der Waals surface area contributed by atoms with Crippen LogP contribution in [0.3, 0.4) is 0 Å². The molecule has 2 heterocycles. The molecule has 92 valence electrons. The molecule has 7 nitrogen and oxygen atoms in total. The fourth-order valence-corrected chi connectivity index (χ4v) is 1.79. The lowest BCUT2D eigenvalue weighted by atomic mass is 10.3. The molecule has 8 heteroatoms. The molecule has 1 amide bonds. The first-order chi connectivity index (χ1) is 8.06. The number of halogens is 1. The van der Waals surface area contributed by atoms with Gasteiger partial charge < -0.3 is 15.3 Å². The van der Waals surface area contributed by atoms with E-state index in [9.17, 15) is 9.59 Å². The van der Waals surface area contributed by atoms with Crippen LogP contribution < -0.4 is 10.9 Å². The lowest BCUT2D eigenvalue weighted by molar-refractivity contribution is 0.155. The maximum atomic E-state index is 11.2. The first kappa shape index (κ1) is 11.7. The van der Waals surface area contributed by atoms with Crippen molar-refractivity contribution < 1.29 is 9.90 Å². The van der Waals surface area contributed by atoms with Gasteiger partial charge in [0.25, 0.3) is 5.56 Å². The second-order valence-electron chi connectivity index (χ2n) is 3.77. The number of H-pyrrole nitrogens is 1. The lowest BCUT2D eigenvalue weighted by Crippen LogP contribution is -2.30. The van der Waals surface area contributed by atoms with E-state index in [4.69, 9.17) is 16.7 Å². The molecule has 1 fully saturated rings. The molecular formula is C9H11ClN4O3. The number of anilines is 1. The highest BCUT2D eigenvalue weighted by Crippen LogP contribution is 2.12. The monoisotopic (exact) mass is 258 g/mol. The molecule has 1 unspecified atom stereocenters. The van der Waals surface area contributed by atoms with Gasteiger partial charge in [0.1, 0.15) is 5.02 Å². The number of nitrogens with zero attached hydrogens (tertiary/aromatic N) is 2. The van der Waals surface area contributed by atoms with Gasteiger partial charge in [-0.15, -0.1) is 0 Å². The molecular weight excluding hydrogens is 248 g/mol. The van der Waals surface area contributed by atoms with Crippen LogP contribution in [0.2, 0.25) is 5.02 Å². The number of aromatic amines is 1. The van der Waals surface area contributed by atoms with E-state index in [0.717, 1.165) is 0 Å². The number of hydrogen-bond acceptors (Lipinski definition) is 4. The van der Waals surface area contributed by atoms with Crippen LogP contribution in [-0.4, -0.2) is 45.2 Å². The summed E-state index contributed by atoms with van der Waals surface area (Å²) < 4.78 is 0. The molecule has 0 saturated carbocycles. The second-order valence-corrected chi connectivity index (χ2v) is 4.17. The third-order valence-electron chi connectivity index (χ3n) is 2.56. The molecule has 1 aliphatic rings. The van der Waals surface area contributed by atoms with E-state index >= 15 is 0 Å². The van der Waals surface area contributed by atoms with Crippen LogP contribution in [0.1, 0.15) is 6.42 Å². The smallest absolute Gasteiger partial charge is 0.407 e. The van der Waals surface area contributed by atoms with Crippen LogP contribution in [0, 0.1) is 0 Å². The van der Waals surface area contributed by atoms with Crippen LogP contribution in [0.25, 0.3) is 0 Å². The Morgan fingerprint density at radius 2 is 2.47 bits per heavy atom. The van der Waals surface area contributed by atoms with Crippen molar-refractivity contribution in [1.82, 2.24) is 14.9 Å². The van der Waals surface area contributed by atoms with Crippen molar-refractivity contribution >= 4 is 23.6 Å². The van der Waals surface area contributed by atoms with Crippen LogP contribution >= 0.6 is 11.6 Å². The molecule has 1 saturated heterocycles. The summed E-state index contributed by atoms with van der Waals surface area (Å²) >= 11 is 5.54. The van der Waals surface area contributed by atoms with E-state index in [1.807, 2.05) is 0 Å². The number of rotatable bonds is 2. The van der Waals surface area contributed by atoms with Crippen molar-refractivity contribution in [2.45, 2.75) is 12.5 Å². The van der Waals surface area contributed by atoms with Gasteiger partial charge in [0.2, 0.25) is 5.95 Å². The minimum atomic E-state index is -0.938. The zero-order valence-electron chi connectivity index (χ0n) is 8.81. The van der Waals surface area contributed by atoms with Gasteiger partial charge in [-0.1, -0.05) is 11.6 Å². The highest BCUT2D eigenvalue weighted by molar-refractivity contribution is 6.30. The Balaban J connectivity index is 2.00. The Kier molecular flexibility index (Phi) is 3.19. The minimum absolute atomic E-state index is 0.0223. The third kappa shape index (κ3) is 2.68. The van der Waals surface area contributed by atoms with Crippen LogP contribution in [0.4, 0.5) is 10.7 Å². The number of amides is 1. The number of aromatic nitrogens is 2. The molecule has 1 aromatic rings. The Morgan fingerprint density at radius 3 is 3.06 bits per heavy atom. The van der Waals surface area contributed by atoms with Crippen molar-refractivity contribution in [2.24, 2.45) is 0 Å². The van der Waals surface area contributed by atoms with Crippen molar-refractivity contribution in [1.29, 1.82) is 0 Å². The first-order valence-electron chi connectivity index (χ1n) is 5.05. The van der Waals surface area contributed by atoms with E-state index in [-0.39, 0.29) is 11.1 Å². The fourth-order valence-electron chi connectivity index (χ4n) is 1.70. The average molecular weight is 259 g/mol. The van der Waals surface area contributed by atoms with Crippen molar-refractivity contribution in [3.8, 4) is 0 Å². The molecule has 17 heavy (non-hydrogen) atoms. The number of nitrogens with one attached hydrogen (secondary N) is 2. The average Bonchev–Trinajstić information content (AvgIpc) is 2.72. The first-order valence-corrected chi connectivity index (χ1v) is 5.43. The summed E-state index contributed by atoms with van der Waals surface area (Å²) in [7, 11) is 0. The number of carbonyl (C=O) groups is 1. The highest BCUT2D eigenvalue weighted by Gasteiger charge is 2.26. The van der Waals surface area contributed by atoms with Crippen LogP contribution in [-0.2, 0) is 0 Å². The van der Waals surface area contributed by atoms with Gasteiger partial charge in [-0.3, -0.25) is 9.78 Å². The van der Waals surface area contributed by atoms with Crippen molar-refractivity contribution in [2.75, 3.05) is 18.4 Å². The summed E-state index contributed by atoms with van der Waals surface area (Å²) in [5.74, 6) is 0.302. The summed E-state index contributed by atoms with van der Waals surface area (Å²) in [6.07, 6.45) is 0.998. The summed E-state index contributed by atoms with van der Waals surface area (Å²) in [6.45, 7) is 0.854. The maximum Gasteiger partial charge on any atom is 0.407 e. The fraction of sp³-hybridized carbons (Fsp3) is 0.444. The Bertz CT molecular complexity index is 489. The normalized spacial score (nSPS) is 19.4. The van der Waals surface area contributed by atoms with E-state index in [2.05, 4.69) is 15.3 Å². The van der Waals surface area contributed by atoms with Gasteiger partial charge in [0.15, 0.2) is 0 Å². The van der Waals surface area contributed by atoms with E-state index in [0.29, 0.717) is 25.5 Å². The molecule has 0 aliphatic carbocycles. The predicted molar refractivity (Wildman–Crippen MR) is 61.5 cm³/mol. The summed E-state index contributed by atoms with van der Waals surface area (Å²) in [6, 6.07) is -0.0459. The summed E-state index contributed by atoms with van der Waals surface area (Å²) in [5, 5.41) is 11.8. The van der Waals surface area contributed by atoms with Crippen molar-refractivity contribution in [3.05, 3.63) is 21.6 Å². The third-order valence-corrected chi connectivity index (χ3v) is 2.82. The van der Waals surface area contributed by atoms with Crippen molar-refractivity contribution in [3.63, 3.8) is 0 Å². The number of hydrogen-bond donors (Lipinski definition) is 3. The summed E-state index contributed by atoms with van der Waals surface area (Å²) in [5.41, 5.74) is -0.419. The Morgan fingerprint density at radius 1 is 1.71 bits per heavy atom. The molecule has 1 atom stereocenters. The second kappa shape index (κ2) is 4.62. The standard InChI is InChI=1S/C9H11ClN4O3/c10-6-3-11-8(13-7(6)15)12-5-1-2-14(4-5)9(16)17/h3,5H,1-2,4H2,(H,16,17)(H2,11,12,13,15). The van der Waals surface area contributed by atoms with Gasteiger partial charge in [-0.2, -0.15) is 0 Å². The molecule has 0 spiro atoms. The number of likely N-dealkylation sites (tertiary alicyclic amines) is 1. The SMILES string of the molecule is O=C(O)N1CCC(Nc2ncc(Cl)c(=O)[nH]2)C1. The maximum absolute atomic E-state index is 11.2. The van der Waals surface area contributed by atoms with Crippen LogP contribution in [0.15, 0.2) is 11.0 Å². The van der Waals surface area contributed by atoms with Gasteiger partial charge in [-0.25, -0.2) is 9.78 Å². The van der Waals surface area contributed by atoms with Crippen LogP contribution in [0.5, 0.6) is 0 Å². The summed E-state index contributed by atoms with van der Waals surface area (Å²) in [4.78, 5) is 29.6. The lowest BCUT2D eigenvalue weighted by Gasteiger charge is -2.13. The van der Waals surface area contributed by atoms with Gasteiger partial charge in [-0.05, 0) is 6.42 Å². The highest BCUT2D eigenvalue weighted by atomic mass is 35.5. The zero-order valence-corrected chi connectivity index (χ0v) is 9.57. The predicted octanol–water partition coefficient (Wildman–Crippen LogP) is 0.587. The Hall–Kier alpha value is -1.76. The zero-order chi connectivity index (χ0) is 12.4. The quantitative estimate of drug-likeness (QED) is 0.721. The molecule has 0 bridgehead atoms. The van der Waals surface area contributed by atoms with E-state index in [1.54, 1.807) is 0 Å². The minimum Gasteiger partial charge on any atom is -0.465 e. The molecule has 2 rings (SSSR count). The van der Waals surface area contributed by atoms with Gasteiger partial charge >= 0.3 is 6.09 Å². The largest absolute Gasteiger partial charge is 0.465 e. The van der Waals surface area contributed by atoms with Gasteiger partial charge in [0, 0.05) is 19.1 Å². The Labute approximate surface area is 101 Å². The molecule has 0 aromatic carbocycles.